The van der Waals surface area contributed by atoms with Gasteiger partial charge in [-0.2, -0.15) is 0 Å². The Balaban J connectivity index is 1.03. The summed E-state index contributed by atoms with van der Waals surface area (Å²) in [6, 6.07) is 48.6. The molecule has 1 aromatic heterocycles. The predicted molar refractivity (Wildman–Crippen MR) is 232 cm³/mol. The van der Waals surface area contributed by atoms with E-state index in [-0.39, 0.29) is 16.2 Å². The molecule has 0 aliphatic heterocycles. The van der Waals surface area contributed by atoms with Gasteiger partial charge < -0.3 is 9.32 Å². The first-order valence-electron chi connectivity index (χ1n) is 21.4. The number of hydrogen-bond acceptors (Lipinski definition) is 2. The summed E-state index contributed by atoms with van der Waals surface area (Å²) in [7, 11) is 0. The van der Waals surface area contributed by atoms with Crippen LogP contribution in [0.5, 0.6) is 0 Å². The van der Waals surface area contributed by atoms with E-state index in [1.807, 2.05) is 0 Å². The smallest absolute Gasteiger partial charge is 0.135 e. The van der Waals surface area contributed by atoms with E-state index in [0.717, 1.165) is 57.7 Å². The van der Waals surface area contributed by atoms with Gasteiger partial charge in [-0.1, -0.05) is 113 Å². The lowest BCUT2D eigenvalue weighted by Crippen LogP contribution is -2.55. The second kappa shape index (κ2) is 11.5. The summed E-state index contributed by atoms with van der Waals surface area (Å²) in [4.78, 5) is 2.53. The van der Waals surface area contributed by atoms with Crippen molar-refractivity contribution >= 4 is 39.0 Å². The van der Waals surface area contributed by atoms with Crippen LogP contribution in [0, 0.1) is 23.7 Å². The normalized spacial score (nSPS) is 26.1. The molecule has 56 heavy (non-hydrogen) atoms. The Kier molecular flexibility index (Phi) is 6.80. The average Bonchev–Trinajstić information content (AvgIpc) is 3.73. The summed E-state index contributed by atoms with van der Waals surface area (Å²) >= 11 is 0. The lowest BCUT2D eigenvalue weighted by Gasteiger charge is -2.61. The quantitative estimate of drug-likeness (QED) is 0.179. The Morgan fingerprint density at radius 1 is 0.518 bits per heavy atom. The highest BCUT2D eigenvalue weighted by molar-refractivity contribution is 6.06. The van der Waals surface area contributed by atoms with Crippen molar-refractivity contribution < 1.29 is 4.42 Å². The van der Waals surface area contributed by atoms with E-state index in [9.17, 15) is 0 Å². The second-order valence-electron chi connectivity index (χ2n) is 19.6. The highest BCUT2D eigenvalue weighted by Crippen LogP contribution is 2.70. The monoisotopic (exact) mass is 729 g/mol. The molecule has 1 heterocycles. The van der Waals surface area contributed by atoms with Crippen LogP contribution < -0.4 is 4.90 Å². The lowest BCUT2D eigenvalue weighted by molar-refractivity contribution is -0.0399. The van der Waals surface area contributed by atoms with Gasteiger partial charge in [0.2, 0.25) is 0 Å². The lowest BCUT2D eigenvalue weighted by atomic mass is 9.43. The molecule has 278 valence electrons. The van der Waals surface area contributed by atoms with E-state index in [1.54, 1.807) is 11.1 Å². The Hall–Kier alpha value is -5.08. The van der Waals surface area contributed by atoms with Crippen molar-refractivity contribution in [2.45, 2.75) is 88.9 Å². The minimum absolute atomic E-state index is 0.0396. The van der Waals surface area contributed by atoms with Crippen molar-refractivity contribution in [3.05, 3.63) is 150 Å². The van der Waals surface area contributed by atoms with Gasteiger partial charge in [0.15, 0.2) is 0 Å². The standard InChI is InChI=1S/C54H51NO/c1-52(2)25-26-53(3,4)51-46(52)16-10-17-47(51)55(39-23-24-49-43(32-39)41-11-6-8-18-48(41)56-49)38-21-19-35(20-22-38)40-13-9-15-45-50(40)42-12-5-7-14-44(42)54(45)36-28-33-27-34(30-36)31-37(54)29-33/h5-24,32-34,36-37H,25-31H2,1-4H3. The molecule has 0 atom stereocenters. The maximum atomic E-state index is 6.33. The molecule has 7 aromatic rings. The number of para-hydroxylation sites is 1. The van der Waals surface area contributed by atoms with Crippen molar-refractivity contribution in [2.75, 3.05) is 4.90 Å². The van der Waals surface area contributed by atoms with Gasteiger partial charge >= 0.3 is 0 Å². The third-order valence-electron chi connectivity index (χ3n) is 15.7. The highest BCUT2D eigenvalue weighted by atomic mass is 16.3. The molecule has 2 nitrogen and oxygen atoms in total. The van der Waals surface area contributed by atoms with E-state index < -0.39 is 0 Å². The molecule has 6 aliphatic carbocycles. The topological polar surface area (TPSA) is 16.4 Å². The Labute approximate surface area is 331 Å². The average molecular weight is 730 g/mol. The number of nitrogens with zero attached hydrogens (tertiary/aromatic N) is 1. The molecule has 0 N–H and O–H groups in total. The Morgan fingerprint density at radius 2 is 1.14 bits per heavy atom. The molecular formula is C54H51NO. The third-order valence-corrected chi connectivity index (χ3v) is 15.7. The molecule has 1 spiro atoms. The molecule has 0 saturated heterocycles. The van der Waals surface area contributed by atoms with E-state index in [0.29, 0.717) is 0 Å². The second-order valence-corrected chi connectivity index (χ2v) is 19.6. The number of anilines is 3. The van der Waals surface area contributed by atoms with Gasteiger partial charge in [-0.25, -0.2) is 0 Å². The number of furan rings is 1. The van der Waals surface area contributed by atoms with Crippen molar-refractivity contribution in [2.24, 2.45) is 23.7 Å². The Bertz CT molecular complexity index is 2700. The maximum absolute atomic E-state index is 6.33. The zero-order chi connectivity index (χ0) is 37.6. The van der Waals surface area contributed by atoms with Crippen LogP contribution >= 0.6 is 0 Å². The summed E-state index contributed by atoms with van der Waals surface area (Å²) in [6.45, 7) is 9.75. The fourth-order valence-corrected chi connectivity index (χ4v) is 13.4. The summed E-state index contributed by atoms with van der Waals surface area (Å²) in [6.07, 6.45) is 9.47. The summed E-state index contributed by atoms with van der Waals surface area (Å²) < 4.78 is 6.33. The molecule has 4 fully saturated rings. The van der Waals surface area contributed by atoms with Gasteiger partial charge in [0.1, 0.15) is 11.2 Å². The first-order chi connectivity index (χ1) is 27.2. The molecule has 2 heteroatoms. The predicted octanol–water partition coefficient (Wildman–Crippen LogP) is 14.8. The molecule has 4 saturated carbocycles. The van der Waals surface area contributed by atoms with Crippen molar-refractivity contribution in [3.8, 4) is 22.3 Å². The third kappa shape index (κ3) is 4.45. The number of hydrogen-bond donors (Lipinski definition) is 0. The maximum Gasteiger partial charge on any atom is 0.135 e. The van der Waals surface area contributed by atoms with Crippen LogP contribution in [0.2, 0.25) is 0 Å². The van der Waals surface area contributed by atoms with Crippen molar-refractivity contribution in [1.82, 2.24) is 0 Å². The van der Waals surface area contributed by atoms with E-state index in [1.165, 1.54) is 83.3 Å². The van der Waals surface area contributed by atoms with Gasteiger partial charge in [-0.3, -0.25) is 0 Å². The zero-order valence-corrected chi connectivity index (χ0v) is 33.2. The molecule has 13 rings (SSSR count). The number of benzene rings is 6. The molecule has 0 radical (unpaired) electrons. The first-order valence-corrected chi connectivity index (χ1v) is 21.4. The van der Waals surface area contributed by atoms with Gasteiger partial charge in [0.05, 0.1) is 5.69 Å². The molecule has 0 unspecified atom stereocenters. The SMILES string of the molecule is CC1(C)CCC(C)(C)c2c(N(c3ccc(-c4cccc5c4-c4ccccc4C54C5CC6CC(C5)CC4C6)cc3)c3ccc4oc5ccccc5c4c3)cccc21. The number of fused-ring (bicyclic) bond motifs is 7. The summed E-state index contributed by atoms with van der Waals surface area (Å²) in [5, 5.41) is 2.31. The fourth-order valence-electron chi connectivity index (χ4n) is 13.4. The zero-order valence-electron chi connectivity index (χ0n) is 33.2. The molecule has 0 amide bonds. The van der Waals surface area contributed by atoms with Crippen LogP contribution in [0.25, 0.3) is 44.2 Å². The van der Waals surface area contributed by atoms with Gasteiger partial charge in [-0.15, -0.1) is 0 Å². The molecular weight excluding hydrogens is 679 g/mol. The van der Waals surface area contributed by atoms with E-state index >= 15 is 0 Å². The summed E-state index contributed by atoms with van der Waals surface area (Å²) in [5.41, 5.74) is 17.6. The highest BCUT2D eigenvalue weighted by Gasteiger charge is 2.61. The number of rotatable bonds is 4. The van der Waals surface area contributed by atoms with E-state index in [2.05, 4.69) is 160 Å². The molecule has 6 aliphatic rings. The van der Waals surface area contributed by atoms with Gasteiger partial charge in [0.25, 0.3) is 0 Å². The van der Waals surface area contributed by atoms with E-state index in [4.69, 9.17) is 4.42 Å². The summed E-state index contributed by atoms with van der Waals surface area (Å²) in [5.74, 6) is 3.42. The fraction of sp³-hybridized carbons (Fsp3) is 0.333. The minimum Gasteiger partial charge on any atom is -0.456 e. The van der Waals surface area contributed by atoms with Crippen LogP contribution in [0.3, 0.4) is 0 Å². The van der Waals surface area contributed by atoms with Gasteiger partial charge in [0, 0.05) is 27.6 Å². The van der Waals surface area contributed by atoms with Crippen molar-refractivity contribution in [1.29, 1.82) is 0 Å². The molecule has 4 bridgehead atoms. The van der Waals surface area contributed by atoms with Crippen LogP contribution in [0.1, 0.15) is 94.9 Å². The first kappa shape index (κ1) is 33.1. The largest absolute Gasteiger partial charge is 0.456 e. The van der Waals surface area contributed by atoms with Crippen LogP contribution in [0.15, 0.2) is 132 Å². The van der Waals surface area contributed by atoms with Crippen LogP contribution in [-0.2, 0) is 16.2 Å². The van der Waals surface area contributed by atoms with Crippen LogP contribution in [-0.4, -0.2) is 0 Å². The molecule has 6 aromatic carbocycles. The Morgan fingerprint density at radius 3 is 1.95 bits per heavy atom. The minimum atomic E-state index is 0.0396. The van der Waals surface area contributed by atoms with Crippen LogP contribution in [0.4, 0.5) is 17.1 Å². The van der Waals surface area contributed by atoms with Crippen molar-refractivity contribution in [3.63, 3.8) is 0 Å². The van der Waals surface area contributed by atoms with Gasteiger partial charge in [-0.05, 0) is 166 Å².